The summed E-state index contributed by atoms with van der Waals surface area (Å²) in [5, 5.41) is 0.0202. The second-order valence-electron chi connectivity index (χ2n) is 6.21. The van der Waals surface area contributed by atoms with Crippen molar-refractivity contribution in [2.75, 3.05) is 18.0 Å². The van der Waals surface area contributed by atoms with Crippen LogP contribution in [0.25, 0.3) is 0 Å². The number of aldehydes is 1. The minimum absolute atomic E-state index is 0.00332. The zero-order chi connectivity index (χ0) is 19.1. The molecule has 1 heterocycles. The lowest BCUT2D eigenvalue weighted by Gasteiger charge is -2.33. The molecule has 0 aliphatic carbocycles. The standard InChI is InChI=1S/C18H13Cl3F3NO/c19-14-7-12(8-15(20)16(14)21)17(18(22,23)24)5-6-25(10-17)13-3-1-11(9-26)2-4-13/h1-4,7-9H,5-6,10H2. The number of carbonyl (C=O) groups excluding carboxylic acids is 1. The number of benzene rings is 2. The van der Waals surface area contributed by atoms with Crippen molar-refractivity contribution in [1.82, 2.24) is 0 Å². The van der Waals surface area contributed by atoms with E-state index in [0.717, 1.165) is 0 Å². The lowest BCUT2D eigenvalue weighted by atomic mass is 9.79. The van der Waals surface area contributed by atoms with Crippen molar-refractivity contribution in [2.24, 2.45) is 0 Å². The Balaban J connectivity index is 2.01. The molecule has 1 atom stereocenters. The number of hydrogen-bond donors (Lipinski definition) is 0. The third-order valence-corrected chi connectivity index (χ3v) is 5.94. The van der Waals surface area contributed by atoms with E-state index in [-0.39, 0.29) is 40.1 Å². The molecule has 0 N–H and O–H groups in total. The molecule has 1 unspecified atom stereocenters. The lowest BCUT2D eigenvalue weighted by molar-refractivity contribution is -0.184. The third kappa shape index (κ3) is 3.28. The first kappa shape index (κ1) is 19.3. The van der Waals surface area contributed by atoms with Crippen LogP contribution in [0, 0.1) is 0 Å². The average molecular weight is 423 g/mol. The van der Waals surface area contributed by atoms with Gasteiger partial charge in [-0.05, 0) is 48.4 Å². The Kier molecular flexibility index (Phi) is 5.17. The quantitative estimate of drug-likeness (QED) is 0.435. The third-order valence-electron chi connectivity index (χ3n) is 4.74. The van der Waals surface area contributed by atoms with Crippen LogP contribution in [0.3, 0.4) is 0 Å². The van der Waals surface area contributed by atoms with E-state index in [2.05, 4.69) is 0 Å². The Morgan fingerprint density at radius 3 is 2.12 bits per heavy atom. The van der Waals surface area contributed by atoms with Crippen molar-refractivity contribution in [3.05, 3.63) is 62.6 Å². The van der Waals surface area contributed by atoms with Gasteiger partial charge in [-0.3, -0.25) is 4.79 Å². The molecule has 0 saturated carbocycles. The van der Waals surface area contributed by atoms with Gasteiger partial charge in [-0.1, -0.05) is 34.8 Å². The van der Waals surface area contributed by atoms with Gasteiger partial charge in [-0.25, -0.2) is 0 Å². The Labute approximate surface area is 163 Å². The van der Waals surface area contributed by atoms with Crippen molar-refractivity contribution in [1.29, 1.82) is 0 Å². The van der Waals surface area contributed by atoms with Crippen molar-refractivity contribution in [3.63, 3.8) is 0 Å². The fraction of sp³-hybridized carbons (Fsp3) is 0.278. The van der Waals surface area contributed by atoms with Gasteiger partial charge in [0.15, 0.2) is 0 Å². The van der Waals surface area contributed by atoms with E-state index in [1.54, 1.807) is 29.2 Å². The van der Waals surface area contributed by atoms with E-state index in [0.29, 0.717) is 17.5 Å². The highest BCUT2D eigenvalue weighted by Gasteiger charge is 2.59. The molecule has 2 aromatic carbocycles. The van der Waals surface area contributed by atoms with Crippen molar-refractivity contribution in [3.8, 4) is 0 Å². The molecule has 1 aliphatic heterocycles. The van der Waals surface area contributed by atoms with Crippen LogP contribution in [0.1, 0.15) is 22.3 Å². The molecule has 0 bridgehead atoms. The number of carbonyl (C=O) groups is 1. The zero-order valence-corrected chi connectivity index (χ0v) is 15.6. The van der Waals surface area contributed by atoms with E-state index >= 15 is 0 Å². The number of rotatable bonds is 3. The number of halogens is 6. The van der Waals surface area contributed by atoms with Gasteiger partial charge in [-0.2, -0.15) is 13.2 Å². The predicted molar refractivity (Wildman–Crippen MR) is 97.9 cm³/mol. The molecular formula is C18H13Cl3F3NO. The zero-order valence-electron chi connectivity index (χ0n) is 13.3. The smallest absolute Gasteiger partial charge is 0.370 e. The van der Waals surface area contributed by atoms with Gasteiger partial charge in [0.25, 0.3) is 0 Å². The van der Waals surface area contributed by atoms with Crippen LogP contribution in [0.4, 0.5) is 18.9 Å². The molecule has 3 rings (SSSR count). The second-order valence-corrected chi connectivity index (χ2v) is 7.41. The predicted octanol–water partition coefficient (Wildman–Crippen LogP) is 6.17. The first-order valence-electron chi connectivity index (χ1n) is 7.70. The molecule has 0 radical (unpaired) electrons. The topological polar surface area (TPSA) is 20.3 Å². The van der Waals surface area contributed by atoms with E-state index < -0.39 is 11.6 Å². The summed E-state index contributed by atoms with van der Waals surface area (Å²) in [5.41, 5.74) is -1.02. The normalized spacial score (nSPS) is 20.5. The molecule has 1 saturated heterocycles. The molecule has 2 aromatic rings. The summed E-state index contributed by atoms with van der Waals surface area (Å²) in [5.74, 6) is 0. The van der Waals surface area contributed by atoms with Gasteiger partial charge in [0.05, 0.1) is 15.1 Å². The number of nitrogens with zero attached hydrogens (tertiary/aromatic N) is 1. The lowest BCUT2D eigenvalue weighted by Crippen LogP contribution is -2.44. The van der Waals surface area contributed by atoms with E-state index in [9.17, 15) is 18.0 Å². The SMILES string of the molecule is O=Cc1ccc(N2CCC(c3cc(Cl)c(Cl)c(Cl)c3)(C(F)(F)F)C2)cc1. The fourth-order valence-corrected chi connectivity index (χ4v) is 3.85. The van der Waals surface area contributed by atoms with Gasteiger partial charge < -0.3 is 4.90 Å². The number of alkyl halides is 3. The average Bonchev–Trinajstić information content (AvgIpc) is 3.06. The maximum Gasteiger partial charge on any atom is 0.400 e. The molecule has 138 valence electrons. The number of hydrogen-bond acceptors (Lipinski definition) is 2. The Hall–Kier alpha value is -1.43. The summed E-state index contributed by atoms with van der Waals surface area (Å²) in [4.78, 5) is 12.4. The Morgan fingerprint density at radius 1 is 1.04 bits per heavy atom. The van der Waals surface area contributed by atoms with Crippen LogP contribution >= 0.6 is 34.8 Å². The summed E-state index contributed by atoms with van der Waals surface area (Å²) in [6, 6.07) is 8.90. The monoisotopic (exact) mass is 421 g/mol. The second kappa shape index (κ2) is 6.95. The largest absolute Gasteiger partial charge is 0.400 e. The molecule has 1 aliphatic rings. The van der Waals surface area contributed by atoms with Gasteiger partial charge >= 0.3 is 6.18 Å². The first-order valence-corrected chi connectivity index (χ1v) is 8.83. The molecule has 8 heteroatoms. The highest BCUT2D eigenvalue weighted by atomic mass is 35.5. The molecule has 2 nitrogen and oxygen atoms in total. The van der Waals surface area contributed by atoms with Crippen LogP contribution in [-0.2, 0) is 5.41 Å². The Bertz CT molecular complexity index is 816. The number of anilines is 1. The minimum atomic E-state index is -4.50. The summed E-state index contributed by atoms with van der Waals surface area (Å²) in [7, 11) is 0. The molecule has 0 aromatic heterocycles. The van der Waals surface area contributed by atoms with Crippen LogP contribution < -0.4 is 4.90 Å². The first-order chi connectivity index (χ1) is 12.2. The van der Waals surface area contributed by atoms with Gasteiger partial charge in [0.2, 0.25) is 0 Å². The van der Waals surface area contributed by atoms with Crippen molar-refractivity contribution < 1.29 is 18.0 Å². The summed E-state index contributed by atoms with van der Waals surface area (Å²) >= 11 is 17.8. The van der Waals surface area contributed by atoms with Gasteiger partial charge in [-0.15, -0.1) is 0 Å². The van der Waals surface area contributed by atoms with Gasteiger partial charge in [0, 0.05) is 24.3 Å². The molecule has 0 amide bonds. The highest BCUT2D eigenvalue weighted by molar-refractivity contribution is 6.48. The summed E-state index contributed by atoms with van der Waals surface area (Å²) < 4.78 is 42.2. The van der Waals surface area contributed by atoms with E-state index in [4.69, 9.17) is 34.8 Å². The maximum absolute atomic E-state index is 14.1. The van der Waals surface area contributed by atoms with Gasteiger partial charge in [0.1, 0.15) is 11.7 Å². The maximum atomic E-state index is 14.1. The van der Waals surface area contributed by atoms with Crippen LogP contribution in [0.5, 0.6) is 0 Å². The van der Waals surface area contributed by atoms with Crippen LogP contribution in [0.15, 0.2) is 36.4 Å². The fourth-order valence-electron chi connectivity index (χ4n) is 3.26. The summed E-state index contributed by atoms with van der Waals surface area (Å²) in [6.07, 6.45) is -3.95. The van der Waals surface area contributed by atoms with Crippen molar-refractivity contribution in [2.45, 2.75) is 18.0 Å². The summed E-state index contributed by atoms with van der Waals surface area (Å²) in [6.45, 7) is -0.0664. The van der Waals surface area contributed by atoms with E-state index in [1.807, 2.05) is 0 Å². The van der Waals surface area contributed by atoms with Crippen LogP contribution in [0.2, 0.25) is 15.1 Å². The molecule has 1 fully saturated rings. The molecule has 0 spiro atoms. The van der Waals surface area contributed by atoms with E-state index in [1.165, 1.54) is 12.1 Å². The van der Waals surface area contributed by atoms with Crippen LogP contribution in [-0.4, -0.2) is 25.6 Å². The molecule has 26 heavy (non-hydrogen) atoms. The Morgan fingerprint density at radius 2 is 1.62 bits per heavy atom. The molecular weight excluding hydrogens is 410 g/mol. The highest BCUT2D eigenvalue weighted by Crippen LogP contribution is 2.50. The van der Waals surface area contributed by atoms with Crippen molar-refractivity contribution >= 4 is 46.8 Å². The minimum Gasteiger partial charge on any atom is -0.370 e.